The topological polar surface area (TPSA) is 147 Å². The van der Waals surface area contributed by atoms with Crippen molar-refractivity contribution in [3.63, 3.8) is 0 Å². The average Bonchev–Trinajstić information content (AvgIpc) is 2.25. The third-order valence-corrected chi connectivity index (χ3v) is 4.40. The third-order valence-electron chi connectivity index (χ3n) is 1.88. The molecule has 0 bridgehead atoms. The van der Waals surface area contributed by atoms with E-state index in [1.54, 1.807) is 0 Å². The van der Waals surface area contributed by atoms with Crippen LogP contribution in [0.15, 0.2) is 0 Å². The summed E-state index contributed by atoms with van der Waals surface area (Å²) in [6.45, 7) is -1.17. The zero-order valence-corrected chi connectivity index (χ0v) is 12.6. The minimum absolute atomic E-state index is 1.04. The predicted molar refractivity (Wildman–Crippen MR) is 65.3 cm³/mol. The molecule has 0 saturated carbocycles. The normalized spacial score (nSPS) is 19.2. The molecule has 0 fully saturated rings. The molecule has 9 nitrogen and oxygen atoms in total. The van der Waals surface area contributed by atoms with Crippen LogP contribution in [-0.2, 0) is 0 Å². The molecule has 100 valence electrons. The average molecular weight is 447 g/mol. The van der Waals surface area contributed by atoms with E-state index in [0.717, 1.165) is 0 Å². The Balaban J connectivity index is 5.24. The van der Waals surface area contributed by atoms with E-state index < -0.39 is 36.5 Å². The number of halogens is 3. The molecule has 12 heteroatoms. The lowest BCUT2D eigenvalue weighted by Gasteiger charge is -2.28. The second kappa shape index (κ2) is 5.84. The van der Waals surface area contributed by atoms with Gasteiger partial charge in [-0.25, -0.2) is 0 Å². The monoisotopic (exact) mass is 444 g/mol. The molecule has 17 heavy (non-hydrogen) atoms. The predicted octanol–water partition coefficient (Wildman–Crippen LogP) is -0.211. The van der Waals surface area contributed by atoms with E-state index in [9.17, 15) is 30.4 Å². The summed E-state index contributed by atoms with van der Waals surface area (Å²) in [7, 11) is 0. The molecule has 0 rings (SSSR count). The molecule has 3 N–H and O–H groups in total. The fourth-order valence-corrected chi connectivity index (χ4v) is 1.55. The molecule has 0 amide bonds. The Hall–Kier alpha value is 0.120. The quantitative estimate of drug-likeness (QED) is 0.221. The van der Waals surface area contributed by atoms with Gasteiger partial charge in [0.2, 0.25) is 0 Å². The fourth-order valence-electron chi connectivity index (χ4n) is 0.799. The van der Waals surface area contributed by atoms with Crippen LogP contribution in [0.5, 0.6) is 0 Å². The molecule has 0 aliphatic carbocycles. The smallest absolute Gasteiger partial charge is 0.355 e. The Kier molecular flexibility index (Phi) is 5.88. The van der Waals surface area contributed by atoms with E-state index in [-0.39, 0.29) is 0 Å². The van der Waals surface area contributed by atoms with Gasteiger partial charge in [-0.2, -0.15) is 0 Å². The van der Waals surface area contributed by atoms with Crippen molar-refractivity contribution in [1.29, 1.82) is 0 Å². The third kappa shape index (κ3) is 3.32. The summed E-state index contributed by atoms with van der Waals surface area (Å²) in [4.78, 5) is 19.0. The van der Waals surface area contributed by atoms with Gasteiger partial charge in [-0.3, -0.25) is 20.2 Å². The number of hydrogen-bond donors (Lipinski definition) is 3. The standard InChI is InChI=1S/C5H7Br3N2O7/c6-4(1-11,9(14)15)2(12)3(13)5(7,8)10(16)17/h2-3,11-13H,1H2. The molecule has 3 unspecified atom stereocenters. The van der Waals surface area contributed by atoms with Crippen molar-refractivity contribution < 1.29 is 25.2 Å². The minimum Gasteiger partial charge on any atom is -0.388 e. The van der Waals surface area contributed by atoms with Gasteiger partial charge in [0.05, 0.1) is 4.92 Å². The van der Waals surface area contributed by atoms with E-state index in [2.05, 4.69) is 47.8 Å². The van der Waals surface area contributed by atoms with Crippen LogP contribution in [0.3, 0.4) is 0 Å². The van der Waals surface area contributed by atoms with Gasteiger partial charge >= 0.3 is 7.81 Å². The number of aliphatic hydroxyl groups is 3. The number of nitrogens with zero attached hydrogens (tertiary/aromatic N) is 2. The molecule has 0 aliphatic heterocycles. The first kappa shape index (κ1) is 17.1. The second-order valence-corrected chi connectivity index (χ2v) is 7.82. The number of nitro groups is 2. The summed E-state index contributed by atoms with van der Waals surface area (Å²) in [6.07, 6.45) is -4.44. The van der Waals surface area contributed by atoms with Crippen LogP contribution >= 0.6 is 47.8 Å². The van der Waals surface area contributed by atoms with Crippen LogP contribution in [-0.4, -0.2) is 51.8 Å². The Labute approximate surface area is 119 Å². The Morgan fingerprint density at radius 2 is 1.47 bits per heavy atom. The van der Waals surface area contributed by atoms with Gasteiger partial charge in [-0.05, 0) is 0 Å². The lowest BCUT2D eigenvalue weighted by molar-refractivity contribution is -0.563. The van der Waals surface area contributed by atoms with Crippen molar-refractivity contribution in [2.45, 2.75) is 20.0 Å². The summed E-state index contributed by atoms with van der Waals surface area (Å²) >= 11 is 7.36. The first-order valence-corrected chi connectivity index (χ1v) is 6.22. The maximum absolute atomic E-state index is 10.6. The first-order valence-electron chi connectivity index (χ1n) is 3.84. The molecular weight excluding hydrogens is 440 g/mol. The molecule has 0 spiro atoms. The zero-order valence-electron chi connectivity index (χ0n) is 7.86. The molecule has 0 aliphatic rings. The van der Waals surface area contributed by atoms with Crippen LogP contribution in [0.4, 0.5) is 0 Å². The minimum atomic E-state index is -2.50. The second-order valence-electron chi connectivity index (χ2n) is 2.97. The van der Waals surface area contributed by atoms with E-state index in [1.807, 2.05) is 0 Å². The number of hydrogen-bond acceptors (Lipinski definition) is 7. The number of alkyl halides is 3. The molecule has 3 atom stereocenters. The van der Waals surface area contributed by atoms with Gasteiger partial charge in [-0.1, -0.05) is 0 Å². The molecule has 0 heterocycles. The summed E-state index contributed by atoms with van der Waals surface area (Å²) in [5, 5.41) is 49.0. The molecular formula is C5H7Br3N2O7. The molecule has 0 aromatic carbocycles. The first-order chi connectivity index (χ1) is 7.51. The largest absolute Gasteiger partial charge is 0.388 e. The van der Waals surface area contributed by atoms with Gasteiger partial charge in [0.25, 0.3) is 0 Å². The van der Waals surface area contributed by atoms with Crippen LogP contribution in [0.2, 0.25) is 0 Å². The highest BCUT2D eigenvalue weighted by molar-refractivity contribution is 9.25. The highest BCUT2D eigenvalue weighted by Gasteiger charge is 2.60. The van der Waals surface area contributed by atoms with Crippen LogP contribution in [0.25, 0.3) is 0 Å². The SMILES string of the molecule is O=[N+]([O-])C(Br)(Br)C(O)C(O)C(Br)(CO)[N+](=O)[O-]. The van der Waals surface area contributed by atoms with E-state index in [1.165, 1.54) is 0 Å². The van der Waals surface area contributed by atoms with Crippen molar-refractivity contribution in [1.82, 2.24) is 0 Å². The lowest BCUT2D eigenvalue weighted by atomic mass is 10.1. The molecule has 0 saturated heterocycles. The molecule has 0 aromatic rings. The van der Waals surface area contributed by atoms with Crippen molar-refractivity contribution in [3.8, 4) is 0 Å². The van der Waals surface area contributed by atoms with Crippen molar-refractivity contribution >= 4 is 47.8 Å². The summed E-state index contributed by atoms with van der Waals surface area (Å²) in [5.41, 5.74) is 0. The summed E-state index contributed by atoms with van der Waals surface area (Å²) in [6, 6.07) is 0. The Bertz CT molecular complexity index is 327. The maximum Gasteiger partial charge on any atom is 0.355 e. The summed E-state index contributed by atoms with van der Waals surface area (Å²) < 4.78 is -4.88. The molecule has 0 radical (unpaired) electrons. The maximum atomic E-state index is 10.6. The van der Waals surface area contributed by atoms with Gasteiger partial charge in [0.15, 0.2) is 12.2 Å². The Morgan fingerprint density at radius 3 is 1.71 bits per heavy atom. The van der Waals surface area contributed by atoms with Crippen LogP contribution < -0.4 is 0 Å². The highest BCUT2D eigenvalue weighted by Crippen LogP contribution is 2.37. The van der Waals surface area contributed by atoms with Gasteiger partial charge in [-0.15, -0.1) is 0 Å². The van der Waals surface area contributed by atoms with Crippen LogP contribution in [0.1, 0.15) is 0 Å². The van der Waals surface area contributed by atoms with Gasteiger partial charge < -0.3 is 15.3 Å². The Morgan fingerprint density at radius 1 is 1.06 bits per heavy atom. The summed E-state index contributed by atoms with van der Waals surface area (Å²) in [5.74, 6) is 0. The fraction of sp³-hybridized carbons (Fsp3) is 1.00. The van der Waals surface area contributed by atoms with Gasteiger partial charge in [0.1, 0.15) is 6.61 Å². The lowest BCUT2D eigenvalue weighted by Crippen LogP contribution is -2.58. The zero-order chi connectivity index (χ0) is 14.0. The highest BCUT2D eigenvalue weighted by atomic mass is 79.9. The van der Waals surface area contributed by atoms with E-state index >= 15 is 0 Å². The molecule has 0 aromatic heterocycles. The number of rotatable bonds is 6. The van der Waals surface area contributed by atoms with Gasteiger partial charge in [0, 0.05) is 52.7 Å². The number of aliphatic hydroxyl groups excluding tert-OH is 3. The van der Waals surface area contributed by atoms with Crippen molar-refractivity contribution in [2.75, 3.05) is 6.61 Å². The van der Waals surface area contributed by atoms with Crippen LogP contribution in [0, 0.1) is 20.2 Å². The van der Waals surface area contributed by atoms with E-state index in [0.29, 0.717) is 0 Å². The van der Waals surface area contributed by atoms with Crippen molar-refractivity contribution in [2.24, 2.45) is 0 Å². The van der Waals surface area contributed by atoms with Crippen molar-refractivity contribution in [3.05, 3.63) is 20.2 Å². The van der Waals surface area contributed by atoms with E-state index in [4.69, 9.17) is 5.11 Å².